The molecule has 2 heterocycles. The molecule has 0 amide bonds. The summed E-state index contributed by atoms with van der Waals surface area (Å²) in [6, 6.07) is 11.2. The standard InChI is InChI=1S/C45H70O12Si4/c1-44(2,18-21-58(4,5)56-60(8,9)33-25-29-23-31(33)37-35(29)39(46)54-41(37)48)52-19-17-45(3,43(50)51-27-28-15-13-12-14-16-28)53-20-22-59(6,7)57-61(10,11)34-26-30-24-32(34)38-36(30)40(47)55-42(38)49/h12-16,29-38H,17-27H2,1-11H3. The average Bonchev–Trinajstić information content (AvgIpc) is 4.01. The van der Waals surface area contributed by atoms with Gasteiger partial charge in [-0.3, -0.25) is 19.2 Å². The summed E-state index contributed by atoms with van der Waals surface area (Å²) in [6.45, 7) is 24.8. The number of esters is 5. The van der Waals surface area contributed by atoms with Crippen LogP contribution in [0, 0.1) is 47.3 Å². The van der Waals surface area contributed by atoms with E-state index in [0.717, 1.165) is 43.7 Å². The fourth-order valence-corrected chi connectivity index (χ4v) is 32.3. The molecule has 7 rings (SSSR count). The van der Waals surface area contributed by atoms with Gasteiger partial charge in [0.1, 0.15) is 6.61 Å². The maximum Gasteiger partial charge on any atom is 0.338 e. The lowest BCUT2D eigenvalue weighted by Gasteiger charge is -2.43. The Morgan fingerprint density at radius 1 is 0.623 bits per heavy atom. The summed E-state index contributed by atoms with van der Waals surface area (Å²) in [5.74, 6) is -2.16. The van der Waals surface area contributed by atoms with Gasteiger partial charge in [-0.25, -0.2) is 4.79 Å². The van der Waals surface area contributed by atoms with Crippen molar-refractivity contribution in [2.75, 3.05) is 13.2 Å². The van der Waals surface area contributed by atoms with Gasteiger partial charge in [-0.15, -0.1) is 0 Å². The Kier molecular flexibility index (Phi) is 12.9. The molecule has 1 aromatic rings. The molecule has 1 aromatic carbocycles. The molecule has 0 aromatic heterocycles. The lowest BCUT2D eigenvalue weighted by atomic mass is 9.81. The number of carbonyl (C=O) groups excluding carboxylic acids is 5. The first-order chi connectivity index (χ1) is 28.3. The van der Waals surface area contributed by atoms with Gasteiger partial charge in [0.05, 0.1) is 35.9 Å². The minimum atomic E-state index is -2.30. The predicted octanol–water partition coefficient (Wildman–Crippen LogP) is 8.39. The highest BCUT2D eigenvalue weighted by molar-refractivity contribution is 6.86. The molecule has 12 nitrogen and oxygen atoms in total. The summed E-state index contributed by atoms with van der Waals surface area (Å²) in [4.78, 5) is 63.9. The highest BCUT2D eigenvalue weighted by atomic mass is 28.4. The molecule has 4 aliphatic carbocycles. The molecule has 2 saturated heterocycles. The second-order valence-corrected chi connectivity index (χ2v) is 39.8. The summed E-state index contributed by atoms with van der Waals surface area (Å²) in [7, 11) is -8.98. The van der Waals surface area contributed by atoms with Crippen LogP contribution in [0.15, 0.2) is 30.3 Å². The molecular formula is C45H70O12Si4. The van der Waals surface area contributed by atoms with Gasteiger partial charge in [-0.05, 0) is 158 Å². The van der Waals surface area contributed by atoms with Crippen molar-refractivity contribution >= 4 is 63.1 Å². The second-order valence-electron chi connectivity index (χ2n) is 22.3. The lowest BCUT2D eigenvalue weighted by Crippen LogP contribution is -2.51. The van der Waals surface area contributed by atoms with Crippen LogP contribution in [0.2, 0.25) is 75.5 Å². The van der Waals surface area contributed by atoms with Crippen molar-refractivity contribution < 1.29 is 55.9 Å². The molecule has 4 saturated carbocycles. The minimum absolute atomic E-state index is 0.142. The van der Waals surface area contributed by atoms with E-state index in [1.807, 2.05) is 30.3 Å². The van der Waals surface area contributed by atoms with Gasteiger partial charge in [0.15, 0.2) is 38.9 Å². The summed E-state index contributed by atoms with van der Waals surface area (Å²) < 4.78 is 43.4. The maximum atomic E-state index is 13.9. The van der Waals surface area contributed by atoms with Crippen LogP contribution in [0.5, 0.6) is 0 Å². The van der Waals surface area contributed by atoms with Gasteiger partial charge in [0.2, 0.25) is 0 Å². The highest BCUT2D eigenvalue weighted by Crippen LogP contribution is 2.64. The third-order valence-corrected chi connectivity index (χ3v) is 31.9. The van der Waals surface area contributed by atoms with Crippen LogP contribution in [-0.2, 0) is 62.5 Å². The Labute approximate surface area is 366 Å². The maximum absolute atomic E-state index is 13.9. The number of fused-ring (bicyclic) bond motifs is 10. The van der Waals surface area contributed by atoms with Crippen molar-refractivity contribution in [2.24, 2.45) is 47.3 Å². The van der Waals surface area contributed by atoms with E-state index in [1.165, 1.54) is 0 Å². The molecule has 16 heteroatoms. The molecule has 6 aliphatic rings. The quantitative estimate of drug-likeness (QED) is 0.0535. The zero-order valence-corrected chi connectivity index (χ0v) is 42.3. The molecule has 6 fully saturated rings. The largest absolute Gasteiger partial charge is 0.459 e. The van der Waals surface area contributed by atoms with Gasteiger partial charge in [0.25, 0.3) is 0 Å². The molecule has 61 heavy (non-hydrogen) atoms. The van der Waals surface area contributed by atoms with E-state index in [2.05, 4.69) is 66.2 Å². The Morgan fingerprint density at radius 3 is 1.61 bits per heavy atom. The van der Waals surface area contributed by atoms with Crippen molar-refractivity contribution in [3.63, 3.8) is 0 Å². The first kappa shape index (κ1) is 46.7. The van der Waals surface area contributed by atoms with E-state index in [-0.39, 0.29) is 83.4 Å². The number of hydrogen-bond donors (Lipinski definition) is 0. The normalized spacial score (nSPS) is 31.9. The van der Waals surface area contributed by atoms with E-state index in [9.17, 15) is 24.0 Å². The SMILES string of the molecule is CC(C)(CC[Si](C)(C)O[Si](C)(C)C1CC2CC1C1C(=O)OC(=O)C21)OCCC(C)(OCC[Si](C)(C)O[Si](C)(C)C1CC2CC1C1C(=O)OC(=O)C21)C(=O)OCc1ccccc1. The zero-order valence-electron chi connectivity index (χ0n) is 38.3. The van der Waals surface area contributed by atoms with Gasteiger partial charge in [-0.1, -0.05) is 30.3 Å². The Balaban J connectivity index is 0.921. The number of benzene rings is 1. The second kappa shape index (κ2) is 16.9. The van der Waals surface area contributed by atoms with E-state index < -0.39 is 50.4 Å². The van der Waals surface area contributed by atoms with Gasteiger partial charge in [0, 0.05) is 13.0 Å². The molecule has 338 valence electrons. The lowest BCUT2D eigenvalue weighted by molar-refractivity contribution is -0.175. The van der Waals surface area contributed by atoms with E-state index >= 15 is 0 Å². The van der Waals surface area contributed by atoms with Crippen LogP contribution < -0.4 is 0 Å². The van der Waals surface area contributed by atoms with Gasteiger partial charge < -0.3 is 31.9 Å². The summed E-state index contributed by atoms with van der Waals surface area (Å²) in [5, 5.41) is 0. The smallest absolute Gasteiger partial charge is 0.338 e. The van der Waals surface area contributed by atoms with Crippen molar-refractivity contribution in [2.45, 2.75) is 153 Å². The number of rotatable bonds is 20. The molecular weight excluding hydrogens is 845 g/mol. The minimum Gasteiger partial charge on any atom is -0.459 e. The Hall–Kier alpha value is -2.32. The van der Waals surface area contributed by atoms with Crippen molar-refractivity contribution in [3.05, 3.63) is 35.9 Å². The molecule has 0 N–H and O–H groups in total. The molecule has 0 radical (unpaired) electrons. The predicted molar refractivity (Wildman–Crippen MR) is 238 cm³/mol. The fourth-order valence-electron chi connectivity index (χ4n) is 12.6. The zero-order chi connectivity index (χ0) is 44.5. The fraction of sp³-hybridized carbons (Fsp3) is 0.756. The van der Waals surface area contributed by atoms with E-state index in [0.29, 0.717) is 31.2 Å². The molecule has 4 bridgehead atoms. The molecule has 11 unspecified atom stereocenters. The Morgan fingerprint density at radius 2 is 1.10 bits per heavy atom. The van der Waals surface area contributed by atoms with Crippen LogP contribution >= 0.6 is 0 Å². The third kappa shape index (κ3) is 9.71. The number of cyclic esters (lactones) is 4. The van der Waals surface area contributed by atoms with Gasteiger partial charge >= 0.3 is 29.8 Å². The first-order valence-electron chi connectivity index (χ1n) is 22.7. The highest BCUT2D eigenvalue weighted by Gasteiger charge is 2.67. The molecule has 0 spiro atoms. The van der Waals surface area contributed by atoms with Crippen molar-refractivity contribution in [3.8, 4) is 0 Å². The first-order valence-corrected chi connectivity index (χ1v) is 34.9. The summed E-state index contributed by atoms with van der Waals surface area (Å²) in [5.41, 5.74) is -0.218. The van der Waals surface area contributed by atoms with Crippen molar-refractivity contribution in [1.29, 1.82) is 0 Å². The summed E-state index contributed by atoms with van der Waals surface area (Å²) >= 11 is 0. The van der Waals surface area contributed by atoms with Crippen LogP contribution in [0.25, 0.3) is 0 Å². The van der Waals surface area contributed by atoms with Crippen LogP contribution in [0.4, 0.5) is 0 Å². The number of ether oxygens (including phenoxy) is 5. The van der Waals surface area contributed by atoms with Crippen LogP contribution in [0.1, 0.15) is 64.9 Å². The average molecular weight is 915 g/mol. The third-order valence-electron chi connectivity index (χ3n) is 15.5. The number of hydrogen-bond acceptors (Lipinski definition) is 12. The Bertz CT molecular complexity index is 1870. The van der Waals surface area contributed by atoms with Crippen LogP contribution in [0.3, 0.4) is 0 Å². The topological polar surface area (TPSA) is 150 Å². The van der Waals surface area contributed by atoms with Gasteiger partial charge in [-0.2, -0.15) is 0 Å². The van der Waals surface area contributed by atoms with E-state index in [4.69, 9.17) is 31.9 Å². The van der Waals surface area contributed by atoms with E-state index in [1.54, 1.807) is 6.92 Å². The number of carbonyl (C=O) groups is 5. The van der Waals surface area contributed by atoms with Crippen LogP contribution in [-0.4, -0.2) is 87.5 Å². The monoisotopic (exact) mass is 914 g/mol. The summed E-state index contributed by atoms with van der Waals surface area (Å²) in [6.07, 6.45) is 4.77. The van der Waals surface area contributed by atoms with Crippen molar-refractivity contribution in [1.82, 2.24) is 0 Å². The molecule has 11 atom stereocenters. The molecule has 2 aliphatic heterocycles.